The number of aromatic nitrogens is 2. The molecule has 2 atom stereocenters. The molecule has 1 aliphatic heterocycles. The maximum atomic E-state index is 13.4. The average molecular weight is 685 g/mol. The first kappa shape index (κ1) is 36.0. The number of anilines is 2. The number of benzene rings is 3. The van der Waals surface area contributed by atoms with Crippen molar-refractivity contribution in [2.45, 2.75) is 69.8 Å². The molecule has 9 nitrogen and oxygen atoms in total. The van der Waals surface area contributed by atoms with E-state index >= 15 is 0 Å². The maximum Gasteiger partial charge on any atom is 0.251 e. The number of hydrogen-bond donors (Lipinski definition) is 2. The number of nitrogens with zero attached hydrogens (tertiary/aromatic N) is 3. The van der Waals surface area contributed by atoms with E-state index in [1.54, 1.807) is 43.7 Å². The van der Waals surface area contributed by atoms with Crippen molar-refractivity contribution in [2.75, 3.05) is 43.1 Å². The average Bonchev–Trinajstić information content (AvgIpc) is 3.75. The normalized spacial score (nSPS) is 15.4. The van der Waals surface area contributed by atoms with Crippen LogP contribution in [0.5, 0.6) is 5.75 Å². The summed E-state index contributed by atoms with van der Waals surface area (Å²) in [5.41, 5.74) is 6.03. The number of hydrogen-bond acceptors (Lipinski definition) is 7. The monoisotopic (exact) mass is 684 g/mol. The molecule has 2 N–H and O–H groups in total. The van der Waals surface area contributed by atoms with Gasteiger partial charge in [-0.15, -0.1) is 0 Å². The smallest absolute Gasteiger partial charge is 0.251 e. The van der Waals surface area contributed by atoms with E-state index < -0.39 is 10.8 Å². The highest BCUT2D eigenvalue weighted by Gasteiger charge is 2.22. The molecule has 49 heavy (non-hydrogen) atoms. The van der Waals surface area contributed by atoms with Crippen LogP contribution in [0.1, 0.15) is 57.7 Å². The minimum atomic E-state index is -1.23. The molecular weight excluding hydrogens is 637 g/mol. The molecule has 2 heterocycles. The second-order valence-electron chi connectivity index (χ2n) is 12.4. The number of ether oxygens (including phenoxy) is 2. The molecule has 0 bridgehead atoms. The fourth-order valence-corrected chi connectivity index (χ4v) is 6.87. The lowest BCUT2D eigenvalue weighted by Crippen LogP contribution is -2.22. The lowest BCUT2D eigenvalue weighted by atomic mass is 9.99. The summed E-state index contributed by atoms with van der Waals surface area (Å²) in [6, 6.07) is 21.4. The van der Waals surface area contributed by atoms with Gasteiger partial charge in [0, 0.05) is 54.3 Å². The molecule has 1 aromatic heterocycles. The van der Waals surface area contributed by atoms with E-state index in [0.29, 0.717) is 48.1 Å². The second kappa shape index (κ2) is 17.9. The molecule has 0 spiro atoms. The third-order valence-corrected chi connectivity index (χ3v) is 9.86. The van der Waals surface area contributed by atoms with Gasteiger partial charge in [0.15, 0.2) is 0 Å². The number of imidazole rings is 1. The number of amides is 1. The quantitative estimate of drug-likeness (QED) is 0.0905. The summed E-state index contributed by atoms with van der Waals surface area (Å²) in [7, 11) is -1.23. The zero-order valence-corrected chi connectivity index (χ0v) is 29.6. The van der Waals surface area contributed by atoms with E-state index in [2.05, 4.69) is 47.2 Å². The number of unbranched alkanes of at least 4 members (excludes halogenated alkanes) is 1. The maximum absolute atomic E-state index is 13.4. The molecule has 1 unspecified atom stereocenters. The summed E-state index contributed by atoms with van der Waals surface area (Å²) in [6.07, 6.45) is 8.92. The molecule has 10 heteroatoms. The van der Waals surface area contributed by atoms with Crippen molar-refractivity contribution in [1.82, 2.24) is 9.55 Å². The van der Waals surface area contributed by atoms with Gasteiger partial charge in [-0.3, -0.25) is 9.00 Å². The number of aliphatic hydroxyl groups is 1. The molecule has 1 aliphatic rings. The second-order valence-corrected chi connectivity index (χ2v) is 13.8. The van der Waals surface area contributed by atoms with Crippen LogP contribution in [-0.2, 0) is 32.6 Å². The van der Waals surface area contributed by atoms with Crippen molar-refractivity contribution in [3.05, 3.63) is 96.1 Å². The van der Waals surface area contributed by atoms with Crippen molar-refractivity contribution in [1.29, 1.82) is 0 Å². The highest BCUT2D eigenvalue weighted by atomic mass is 32.2. The first-order chi connectivity index (χ1) is 23.8. The predicted molar refractivity (Wildman–Crippen MR) is 197 cm³/mol. The number of β-amino-alcohol motifs (C(OH)–C–C–N with tert-alkyl or cyclic N) is 1. The van der Waals surface area contributed by atoms with Gasteiger partial charge < -0.3 is 29.4 Å². The number of carbonyl (C=O) groups is 1. The molecule has 1 saturated heterocycles. The van der Waals surface area contributed by atoms with Crippen LogP contribution in [0.15, 0.2) is 89.7 Å². The van der Waals surface area contributed by atoms with E-state index in [-0.39, 0.29) is 12.0 Å². The van der Waals surface area contributed by atoms with E-state index in [1.165, 1.54) is 0 Å². The number of aliphatic hydroxyl groups excluding tert-OH is 1. The molecular formula is C39H48N4O5S. The zero-order valence-electron chi connectivity index (χ0n) is 28.8. The number of aryl methyl sites for hydroxylation is 1. The molecule has 4 aromatic rings. The summed E-state index contributed by atoms with van der Waals surface area (Å²) in [5, 5.41) is 13.2. The molecule has 3 aromatic carbocycles. The minimum absolute atomic E-state index is 0.227. The first-order valence-corrected chi connectivity index (χ1v) is 18.5. The van der Waals surface area contributed by atoms with E-state index in [1.807, 2.05) is 34.9 Å². The van der Waals surface area contributed by atoms with Gasteiger partial charge in [-0.25, -0.2) is 4.98 Å². The van der Waals surface area contributed by atoms with Crippen LogP contribution < -0.4 is 15.0 Å². The largest absolute Gasteiger partial charge is 0.491 e. The Hall–Kier alpha value is -4.25. The summed E-state index contributed by atoms with van der Waals surface area (Å²) in [4.78, 5) is 20.4. The Morgan fingerprint density at radius 3 is 2.51 bits per heavy atom. The van der Waals surface area contributed by atoms with Crippen molar-refractivity contribution >= 4 is 34.2 Å². The first-order valence-electron chi connectivity index (χ1n) is 17.2. The Morgan fingerprint density at radius 2 is 1.80 bits per heavy atom. The van der Waals surface area contributed by atoms with Crippen LogP contribution in [0.4, 0.5) is 11.4 Å². The summed E-state index contributed by atoms with van der Waals surface area (Å²) in [5.74, 6) is 0.947. The van der Waals surface area contributed by atoms with Gasteiger partial charge in [-0.2, -0.15) is 0 Å². The van der Waals surface area contributed by atoms with Crippen LogP contribution in [-0.4, -0.2) is 63.8 Å². The van der Waals surface area contributed by atoms with E-state index in [4.69, 9.17) is 9.47 Å². The highest BCUT2D eigenvalue weighted by Crippen LogP contribution is 2.32. The van der Waals surface area contributed by atoms with Crippen LogP contribution >= 0.6 is 0 Å². The lowest BCUT2D eigenvalue weighted by molar-refractivity contribution is -0.112. The van der Waals surface area contributed by atoms with Crippen molar-refractivity contribution in [3.63, 3.8) is 0 Å². The lowest BCUT2D eigenvalue weighted by Gasteiger charge is -2.21. The zero-order chi connectivity index (χ0) is 34.6. The topological polar surface area (TPSA) is 106 Å². The Bertz CT molecular complexity index is 1720. The van der Waals surface area contributed by atoms with E-state index in [0.717, 1.165) is 72.8 Å². The van der Waals surface area contributed by atoms with Gasteiger partial charge in [0.25, 0.3) is 5.91 Å². The Labute approximate surface area is 292 Å². The van der Waals surface area contributed by atoms with E-state index in [9.17, 15) is 14.1 Å². The van der Waals surface area contributed by atoms with Gasteiger partial charge in [-0.05, 0) is 97.5 Å². The van der Waals surface area contributed by atoms with Gasteiger partial charge in [-0.1, -0.05) is 38.5 Å². The number of rotatable bonds is 17. The summed E-state index contributed by atoms with van der Waals surface area (Å²) < 4.78 is 26.5. The summed E-state index contributed by atoms with van der Waals surface area (Å²) in [6.45, 7) is 10.0. The number of carbonyl (C=O) groups excluding carboxylic acids is 1. The highest BCUT2D eigenvalue weighted by molar-refractivity contribution is 7.84. The van der Waals surface area contributed by atoms with Crippen LogP contribution in [0.3, 0.4) is 0 Å². The Kier molecular flexibility index (Phi) is 13.2. The Morgan fingerprint density at radius 1 is 1.02 bits per heavy atom. The van der Waals surface area contributed by atoms with Crippen LogP contribution in [0.25, 0.3) is 17.2 Å². The predicted octanol–water partition coefficient (Wildman–Crippen LogP) is 7.08. The SMILES string of the molecule is CCCCOCCOc1ccc(-c2ccc(N3CCC(O)C3)c(/C=C(\C)C(=O)Nc3ccc([S@@](=O)Cc4cncn4CCC)cc3)c2)cc1. The molecule has 0 aliphatic carbocycles. The molecule has 0 saturated carbocycles. The van der Waals surface area contributed by atoms with Crippen molar-refractivity contribution in [2.24, 2.45) is 0 Å². The van der Waals surface area contributed by atoms with Crippen molar-refractivity contribution < 1.29 is 23.6 Å². The molecule has 1 amide bonds. The van der Waals surface area contributed by atoms with Crippen molar-refractivity contribution in [3.8, 4) is 16.9 Å². The molecule has 5 rings (SSSR count). The fraction of sp³-hybridized carbons (Fsp3) is 0.385. The summed E-state index contributed by atoms with van der Waals surface area (Å²) >= 11 is 0. The van der Waals surface area contributed by atoms with Gasteiger partial charge in [0.1, 0.15) is 12.4 Å². The Balaban J connectivity index is 1.27. The minimum Gasteiger partial charge on any atom is -0.491 e. The van der Waals surface area contributed by atoms with Crippen LogP contribution in [0, 0.1) is 0 Å². The number of nitrogens with one attached hydrogen (secondary N) is 1. The van der Waals surface area contributed by atoms with Gasteiger partial charge in [0.2, 0.25) is 0 Å². The molecule has 1 fully saturated rings. The standard InChI is InChI=1S/C39H48N4O5S/c1-4-6-20-47-21-22-48-36-12-7-30(8-13-36)31-9-16-38(42-19-17-35(44)26-42)32(24-31)23-29(3)39(45)41-33-10-14-37(15-11-33)49(46)27-34-25-40-28-43(34)18-5-2/h7-16,23-25,28,35,44H,4-6,17-22,26-27H2,1-3H3,(H,41,45)/b29-23+/t35?,49-/m0/s1. The fourth-order valence-electron chi connectivity index (χ4n) is 5.76. The van der Waals surface area contributed by atoms with Gasteiger partial charge in [0.05, 0.1) is 41.3 Å². The molecule has 260 valence electrons. The molecule has 0 radical (unpaired) electrons. The van der Waals surface area contributed by atoms with Gasteiger partial charge >= 0.3 is 0 Å². The third kappa shape index (κ3) is 10.1. The third-order valence-electron chi connectivity index (χ3n) is 8.51. The van der Waals surface area contributed by atoms with Crippen LogP contribution in [0.2, 0.25) is 0 Å².